The molecule has 2 aromatic heterocycles. The van der Waals surface area contributed by atoms with E-state index in [-0.39, 0.29) is 17.4 Å². The summed E-state index contributed by atoms with van der Waals surface area (Å²) in [6.07, 6.45) is 5.73. The van der Waals surface area contributed by atoms with Gasteiger partial charge < -0.3 is 14.4 Å². The number of rotatable bonds is 2. The lowest BCUT2D eigenvalue weighted by atomic mass is 9.93. The fourth-order valence-corrected chi connectivity index (χ4v) is 3.92. The first-order valence-corrected chi connectivity index (χ1v) is 8.96. The summed E-state index contributed by atoms with van der Waals surface area (Å²) in [5.41, 5.74) is 2.09. The van der Waals surface area contributed by atoms with Gasteiger partial charge in [0, 0.05) is 37.1 Å². The standard InChI is InChI=1S/C18H22N4O3/c1-11-19-14(9-16(23)20-11)12-5-4-8-22(10-12)18(24)17-13-6-2-3-7-15(13)25-21-17/h9,12H,2-8,10H2,1H3,(H,19,20,23)/t12-/m1/s1. The number of nitrogens with zero attached hydrogens (tertiary/aromatic N) is 3. The Hall–Kier alpha value is -2.44. The summed E-state index contributed by atoms with van der Waals surface area (Å²) in [7, 11) is 0. The largest absolute Gasteiger partial charge is 0.360 e. The van der Waals surface area contributed by atoms with Crippen LogP contribution in [0.15, 0.2) is 15.4 Å². The van der Waals surface area contributed by atoms with Gasteiger partial charge in [0.25, 0.3) is 11.5 Å². The molecule has 0 radical (unpaired) electrons. The van der Waals surface area contributed by atoms with Crippen LogP contribution < -0.4 is 5.56 Å². The van der Waals surface area contributed by atoms with Gasteiger partial charge in [-0.1, -0.05) is 5.16 Å². The summed E-state index contributed by atoms with van der Waals surface area (Å²) in [5.74, 6) is 1.51. The van der Waals surface area contributed by atoms with E-state index in [2.05, 4.69) is 15.1 Å². The molecular formula is C18H22N4O3. The van der Waals surface area contributed by atoms with Gasteiger partial charge in [0.15, 0.2) is 5.69 Å². The zero-order valence-electron chi connectivity index (χ0n) is 14.4. The normalized spacial score (nSPS) is 20.4. The van der Waals surface area contributed by atoms with E-state index in [1.807, 2.05) is 4.90 Å². The van der Waals surface area contributed by atoms with E-state index in [1.54, 1.807) is 13.0 Å². The Kier molecular flexibility index (Phi) is 4.15. The Labute approximate surface area is 145 Å². The van der Waals surface area contributed by atoms with Crippen LogP contribution in [0.4, 0.5) is 0 Å². The molecule has 0 spiro atoms. The van der Waals surface area contributed by atoms with Crippen molar-refractivity contribution in [1.29, 1.82) is 0 Å². The van der Waals surface area contributed by atoms with Crippen molar-refractivity contribution in [3.8, 4) is 0 Å². The molecule has 0 saturated carbocycles. The number of likely N-dealkylation sites (tertiary alicyclic amines) is 1. The van der Waals surface area contributed by atoms with Gasteiger partial charge in [0.05, 0.1) is 5.69 Å². The fourth-order valence-electron chi connectivity index (χ4n) is 3.92. The van der Waals surface area contributed by atoms with Crippen LogP contribution in [-0.4, -0.2) is 39.0 Å². The smallest absolute Gasteiger partial charge is 0.276 e. The molecule has 0 unspecified atom stereocenters. The Morgan fingerprint density at radius 3 is 3.00 bits per heavy atom. The van der Waals surface area contributed by atoms with E-state index < -0.39 is 0 Å². The lowest BCUT2D eigenvalue weighted by molar-refractivity contribution is 0.0694. The van der Waals surface area contributed by atoms with E-state index in [9.17, 15) is 9.59 Å². The molecule has 1 aliphatic carbocycles. The summed E-state index contributed by atoms with van der Waals surface area (Å²) < 4.78 is 5.39. The Bertz CT molecular complexity index is 854. The lowest BCUT2D eigenvalue weighted by Crippen LogP contribution is -2.40. The van der Waals surface area contributed by atoms with Crippen molar-refractivity contribution < 1.29 is 9.32 Å². The van der Waals surface area contributed by atoms with Gasteiger partial charge in [-0.3, -0.25) is 9.59 Å². The third-order valence-electron chi connectivity index (χ3n) is 5.16. The van der Waals surface area contributed by atoms with E-state index >= 15 is 0 Å². The van der Waals surface area contributed by atoms with Gasteiger partial charge in [0.2, 0.25) is 0 Å². The highest BCUT2D eigenvalue weighted by Crippen LogP contribution is 2.29. The number of aryl methyl sites for hydroxylation is 2. The predicted molar refractivity (Wildman–Crippen MR) is 90.6 cm³/mol. The average Bonchev–Trinajstić information content (AvgIpc) is 3.04. The number of H-pyrrole nitrogens is 1. The third-order valence-corrected chi connectivity index (χ3v) is 5.16. The number of carbonyl (C=O) groups excluding carboxylic acids is 1. The molecular weight excluding hydrogens is 320 g/mol. The van der Waals surface area contributed by atoms with Crippen LogP contribution in [0.25, 0.3) is 0 Å². The number of amides is 1. The van der Waals surface area contributed by atoms with Crippen LogP contribution in [0, 0.1) is 6.92 Å². The van der Waals surface area contributed by atoms with E-state index in [1.165, 1.54) is 0 Å². The molecule has 0 aromatic carbocycles. The summed E-state index contributed by atoms with van der Waals surface area (Å²) in [4.78, 5) is 33.6. The van der Waals surface area contributed by atoms with Crippen molar-refractivity contribution in [2.75, 3.05) is 13.1 Å². The van der Waals surface area contributed by atoms with Crippen LogP contribution >= 0.6 is 0 Å². The van der Waals surface area contributed by atoms with Gasteiger partial charge in [-0.05, 0) is 39.0 Å². The minimum Gasteiger partial charge on any atom is -0.360 e. The van der Waals surface area contributed by atoms with Crippen molar-refractivity contribution >= 4 is 5.91 Å². The van der Waals surface area contributed by atoms with Gasteiger partial charge >= 0.3 is 0 Å². The Morgan fingerprint density at radius 1 is 1.32 bits per heavy atom. The van der Waals surface area contributed by atoms with Crippen LogP contribution in [0.5, 0.6) is 0 Å². The molecule has 2 aliphatic rings. The molecule has 0 bridgehead atoms. The first-order chi connectivity index (χ1) is 12.1. The Morgan fingerprint density at radius 2 is 2.16 bits per heavy atom. The monoisotopic (exact) mass is 342 g/mol. The van der Waals surface area contributed by atoms with E-state index in [0.29, 0.717) is 24.6 Å². The molecule has 2 aromatic rings. The maximum Gasteiger partial charge on any atom is 0.276 e. The summed E-state index contributed by atoms with van der Waals surface area (Å²) in [6.45, 7) is 3.05. The van der Waals surface area contributed by atoms with Crippen LogP contribution in [0.2, 0.25) is 0 Å². The lowest BCUT2D eigenvalue weighted by Gasteiger charge is -2.32. The van der Waals surface area contributed by atoms with Crippen molar-refractivity contribution in [2.24, 2.45) is 0 Å². The zero-order chi connectivity index (χ0) is 17.4. The molecule has 3 heterocycles. The molecule has 25 heavy (non-hydrogen) atoms. The number of hydrogen-bond donors (Lipinski definition) is 1. The minimum atomic E-state index is -0.142. The van der Waals surface area contributed by atoms with Gasteiger partial charge in [-0.25, -0.2) is 4.98 Å². The minimum absolute atomic E-state index is 0.0573. The highest BCUT2D eigenvalue weighted by Gasteiger charge is 2.31. The fraction of sp³-hybridized carbons (Fsp3) is 0.556. The Balaban J connectivity index is 1.56. The van der Waals surface area contributed by atoms with Crippen molar-refractivity contribution in [2.45, 2.75) is 51.4 Å². The average molecular weight is 342 g/mol. The van der Waals surface area contributed by atoms with Crippen molar-refractivity contribution in [1.82, 2.24) is 20.0 Å². The number of nitrogens with one attached hydrogen (secondary N) is 1. The number of piperidine rings is 1. The molecule has 1 aliphatic heterocycles. The third kappa shape index (κ3) is 3.10. The zero-order valence-corrected chi connectivity index (χ0v) is 14.4. The number of carbonyl (C=O) groups is 1. The van der Waals surface area contributed by atoms with Crippen LogP contribution in [0.3, 0.4) is 0 Å². The number of fused-ring (bicyclic) bond motifs is 1. The second kappa shape index (κ2) is 6.46. The molecule has 1 saturated heterocycles. The second-order valence-electron chi connectivity index (χ2n) is 6.99. The molecule has 1 amide bonds. The van der Waals surface area contributed by atoms with Gasteiger partial charge in [-0.15, -0.1) is 0 Å². The number of aromatic amines is 1. The molecule has 1 atom stereocenters. The highest BCUT2D eigenvalue weighted by atomic mass is 16.5. The molecule has 7 nitrogen and oxygen atoms in total. The topological polar surface area (TPSA) is 92.1 Å². The number of hydrogen-bond acceptors (Lipinski definition) is 5. The first-order valence-electron chi connectivity index (χ1n) is 8.96. The van der Waals surface area contributed by atoms with Crippen molar-refractivity contribution in [3.63, 3.8) is 0 Å². The molecule has 1 fully saturated rings. The summed E-state index contributed by atoms with van der Waals surface area (Å²) in [5, 5.41) is 4.06. The number of aromatic nitrogens is 3. The van der Waals surface area contributed by atoms with E-state index in [0.717, 1.165) is 55.5 Å². The van der Waals surface area contributed by atoms with Crippen molar-refractivity contribution in [3.05, 3.63) is 45.0 Å². The summed E-state index contributed by atoms with van der Waals surface area (Å²) in [6, 6.07) is 1.55. The first kappa shape index (κ1) is 16.1. The van der Waals surface area contributed by atoms with Crippen LogP contribution in [0.1, 0.15) is 64.9 Å². The SMILES string of the molecule is Cc1nc([C@@H]2CCCN(C(=O)c3noc4c3CCCC4)C2)cc(=O)[nH]1. The maximum absolute atomic E-state index is 13.0. The second-order valence-corrected chi connectivity index (χ2v) is 6.99. The molecule has 132 valence electrons. The highest BCUT2D eigenvalue weighted by molar-refractivity contribution is 5.94. The molecule has 1 N–H and O–H groups in total. The van der Waals surface area contributed by atoms with E-state index in [4.69, 9.17) is 4.52 Å². The van der Waals surface area contributed by atoms with Gasteiger partial charge in [-0.2, -0.15) is 0 Å². The van der Waals surface area contributed by atoms with Crippen LogP contribution in [-0.2, 0) is 12.8 Å². The van der Waals surface area contributed by atoms with Gasteiger partial charge in [0.1, 0.15) is 11.6 Å². The summed E-state index contributed by atoms with van der Waals surface area (Å²) >= 11 is 0. The maximum atomic E-state index is 13.0. The predicted octanol–water partition coefficient (Wildman–Crippen LogP) is 1.96. The molecule has 4 rings (SSSR count). The quantitative estimate of drug-likeness (QED) is 0.901. The molecule has 7 heteroatoms.